The zero-order chi connectivity index (χ0) is 42.6. The summed E-state index contributed by atoms with van der Waals surface area (Å²) in [6, 6.07) is 79.6. The number of para-hydroxylation sites is 2. The summed E-state index contributed by atoms with van der Waals surface area (Å²) in [5.74, 6) is 0. The van der Waals surface area contributed by atoms with Gasteiger partial charge in [0.2, 0.25) is 0 Å². The molecule has 65 heavy (non-hydrogen) atoms. The molecule has 0 amide bonds. The van der Waals surface area contributed by atoms with Crippen molar-refractivity contribution in [1.82, 2.24) is 28.4 Å². The molecule has 0 spiro atoms. The van der Waals surface area contributed by atoms with Gasteiger partial charge in [-0.05, 0) is 0 Å². The Kier molecular flexibility index (Phi) is 7.76. The summed E-state index contributed by atoms with van der Waals surface area (Å²) < 4.78 is 14.5. The third-order valence-electron chi connectivity index (χ3n) is 13.7. The van der Waals surface area contributed by atoms with Crippen LogP contribution in [0.1, 0.15) is 0 Å². The van der Waals surface area contributed by atoms with Crippen LogP contribution in [0.4, 0.5) is 0 Å². The van der Waals surface area contributed by atoms with Crippen molar-refractivity contribution in [2.45, 2.75) is 0 Å². The number of aromatic nitrogens is 6. The predicted molar refractivity (Wildman–Crippen MR) is 269 cm³/mol. The Bertz CT molecular complexity index is 3760. The molecule has 0 aliphatic carbocycles. The Morgan fingerprint density at radius 1 is 0.323 bits per heavy atom. The minimum absolute atomic E-state index is 1.01. The Morgan fingerprint density at radius 2 is 0.677 bits per heavy atom. The van der Waals surface area contributed by atoms with Crippen LogP contribution in [0.3, 0.4) is 0 Å². The first-order valence-electron chi connectivity index (χ1n) is 22.2. The van der Waals surface area contributed by atoms with E-state index >= 15 is 0 Å². The van der Waals surface area contributed by atoms with E-state index in [1.807, 2.05) is 0 Å². The zero-order valence-electron chi connectivity index (χ0n) is 35.1. The van der Waals surface area contributed by atoms with Crippen molar-refractivity contribution in [3.8, 4) is 33.6 Å². The van der Waals surface area contributed by atoms with Gasteiger partial charge in [-0.2, -0.15) is 0 Å². The van der Waals surface area contributed by atoms with Gasteiger partial charge in [0, 0.05) is 0 Å². The van der Waals surface area contributed by atoms with E-state index in [9.17, 15) is 0 Å². The van der Waals surface area contributed by atoms with Crippen molar-refractivity contribution in [3.05, 3.63) is 231 Å². The summed E-state index contributed by atoms with van der Waals surface area (Å²) in [5, 5.41) is 13.3. The molecule has 0 aliphatic rings. The first-order chi connectivity index (χ1) is 32.3. The van der Waals surface area contributed by atoms with Crippen LogP contribution >= 0.6 is 0 Å². The molecule has 6 nitrogen and oxygen atoms in total. The molecule has 0 radical (unpaired) electrons. The fraction of sp³-hybridized carbons (Fsp3) is 0. The Hall–Kier alpha value is -8.20. The second kappa shape index (κ2) is 13.9. The molecule has 14 aromatic rings. The van der Waals surface area contributed by atoms with Crippen molar-refractivity contribution in [2.75, 3.05) is 0 Å². The van der Waals surface area contributed by atoms with Gasteiger partial charge in [-0.15, -0.1) is 0 Å². The molecule has 0 N–H and O–H groups in total. The normalized spacial score (nSPS) is 12.3. The fourth-order valence-electron chi connectivity index (χ4n) is 10.9. The molecule has 0 atom stereocenters. The Morgan fingerprint density at radius 3 is 1.06 bits per heavy atom. The molecule has 6 heterocycles. The molecule has 0 fully saturated rings. The standard InChI is InChI=1S/C58H38GeN6/c1-7-19-39(20-8-1)49-37-62-51-33-31-43(35-47(51)53-57(62)55(49)64(60-53)45-27-15-5-16-28-45)59(41-23-11-3-12-24-41,42-25-13-4-14-26-42)44-32-34-52-48(36-44)54-58-56(65(61-54)46-29-17-6-18-30-46)50(38-63(52)58)40-21-9-2-10-22-40/h1-38H. The molecule has 304 valence electrons. The van der Waals surface area contributed by atoms with Crippen LogP contribution in [0, 0.1) is 0 Å². The second-order valence-electron chi connectivity index (χ2n) is 17.1. The van der Waals surface area contributed by atoms with E-state index in [-0.39, 0.29) is 0 Å². The first kappa shape index (κ1) is 36.3. The number of hydrogen-bond acceptors (Lipinski definition) is 2. The summed E-state index contributed by atoms with van der Waals surface area (Å²) in [7, 11) is 0. The quantitative estimate of drug-likeness (QED) is 0.143. The van der Waals surface area contributed by atoms with Crippen LogP contribution in [0.2, 0.25) is 0 Å². The number of nitrogens with zero attached hydrogens (tertiary/aromatic N) is 6. The van der Waals surface area contributed by atoms with E-state index in [4.69, 9.17) is 10.2 Å². The summed E-state index contributed by atoms with van der Waals surface area (Å²) in [5.41, 5.74) is 15.6. The van der Waals surface area contributed by atoms with E-state index in [1.165, 1.54) is 39.8 Å². The van der Waals surface area contributed by atoms with Crippen LogP contribution in [-0.2, 0) is 0 Å². The summed E-state index contributed by atoms with van der Waals surface area (Å²) in [4.78, 5) is 0. The van der Waals surface area contributed by atoms with Gasteiger partial charge >= 0.3 is 379 Å². The SMILES string of the molecule is c1ccc(-c2cn3c4cc[c]([Ge]([c]5ccccc5)([c]5ccccc5)[c]5ccc6c(c5)c5nn(-c7ccccc7)c7c(-c8ccccc8)cn6c57)cc4c4nn(-c5ccccc5)c2c43)cc1. The number of fused-ring (bicyclic) bond motifs is 6. The average molecular weight is 892 g/mol. The molecular formula is C58H38GeN6. The Labute approximate surface area is 376 Å². The van der Waals surface area contributed by atoms with Gasteiger partial charge in [0.05, 0.1) is 0 Å². The predicted octanol–water partition coefficient (Wildman–Crippen LogP) is 10.8. The third kappa shape index (κ3) is 5.11. The van der Waals surface area contributed by atoms with Crippen LogP contribution < -0.4 is 17.6 Å². The molecule has 6 aromatic heterocycles. The first-order valence-corrected chi connectivity index (χ1v) is 26.4. The van der Waals surface area contributed by atoms with Gasteiger partial charge in [-0.25, -0.2) is 0 Å². The van der Waals surface area contributed by atoms with E-state index in [1.54, 1.807) is 0 Å². The number of rotatable bonds is 8. The number of benzene rings is 8. The maximum absolute atomic E-state index is 5.50. The molecule has 0 aliphatic heterocycles. The van der Waals surface area contributed by atoms with Crippen molar-refractivity contribution in [1.29, 1.82) is 0 Å². The van der Waals surface area contributed by atoms with Crippen LogP contribution in [0.25, 0.3) is 88.5 Å². The summed E-state index contributed by atoms with van der Waals surface area (Å²) in [6.07, 6.45) is 4.63. The maximum atomic E-state index is 5.50. The van der Waals surface area contributed by atoms with Crippen molar-refractivity contribution < 1.29 is 0 Å². The van der Waals surface area contributed by atoms with Gasteiger partial charge in [-0.3, -0.25) is 0 Å². The molecule has 0 bridgehead atoms. The van der Waals surface area contributed by atoms with Gasteiger partial charge in [0.1, 0.15) is 0 Å². The van der Waals surface area contributed by atoms with Crippen LogP contribution in [0.15, 0.2) is 231 Å². The molecule has 0 unspecified atom stereocenters. The topological polar surface area (TPSA) is 44.5 Å². The molecule has 7 heteroatoms. The van der Waals surface area contributed by atoms with Gasteiger partial charge in [-0.1, -0.05) is 0 Å². The van der Waals surface area contributed by atoms with E-state index in [2.05, 4.69) is 249 Å². The fourth-order valence-corrected chi connectivity index (χ4v) is 20.9. The Balaban J connectivity index is 1.06. The number of hydrogen-bond donors (Lipinski definition) is 0. The van der Waals surface area contributed by atoms with Gasteiger partial charge < -0.3 is 0 Å². The van der Waals surface area contributed by atoms with E-state index in [0.29, 0.717) is 0 Å². The van der Waals surface area contributed by atoms with E-state index < -0.39 is 13.3 Å². The molecule has 14 rings (SSSR count). The monoisotopic (exact) mass is 892 g/mol. The van der Waals surface area contributed by atoms with Crippen molar-refractivity contribution in [2.24, 2.45) is 0 Å². The molecule has 0 saturated carbocycles. The zero-order valence-corrected chi connectivity index (χ0v) is 37.2. The molecule has 8 aromatic carbocycles. The second-order valence-corrected chi connectivity index (χ2v) is 25.1. The molecule has 0 saturated heterocycles. The van der Waals surface area contributed by atoms with Crippen molar-refractivity contribution >= 4 is 85.8 Å². The summed E-state index contributed by atoms with van der Waals surface area (Å²) in [6.45, 7) is 0. The van der Waals surface area contributed by atoms with Crippen LogP contribution in [0.5, 0.6) is 0 Å². The van der Waals surface area contributed by atoms with E-state index in [0.717, 1.165) is 66.3 Å². The minimum atomic E-state index is -3.86. The molecular weight excluding hydrogens is 853 g/mol. The van der Waals surface area contributed by atoms with Gasteiger partial charge in [0.25, 0.3) is 0 Å². The summed E-state index contributed by atoms with van der Waals surface area (Å²) >= 11 is -3.86. The van der Waals surface area contributed by atoms with Gasteiger partial charge in [0.15, 0.2) is 0 Å². The van der Waals surface area contributed by atoms with Crippen LogP contribution in [-0.4, -0.2) is 41.6 Å². The third-order valence-corrected chi connectivity index (χ3v) is 23.7. The average Bonchev–Trinajstić information content (AvgIpc) is 4.23. The van der Waals surface area contributed by atoms with Crippen molar-refractivity contribution in [3.63, 3.8) is 0 Å².